The van der Waals surface area contributed by atoms with Crippen molar-refractivity contribution in [1.29, 1.82) is 0 Å². The summed E-state index contributed by atoms with van der Waals surface area (Å²) in [6, 6.07) is 5.65. The molecule has 0 fully saturated rings. The number of nitrogens with zero attached hydrogens (tertiary/aromatic N) is 1. The highest BCUT2D eigenvalue weighted by molar-refractivity contribution is 5.09. The highest BCUT2D eigenvalue weighted by Crippen LogP contribution is 2.08. The third-order valence-corrected chi connectivity index (χ3v) is 1.57. The topological polar surface area (TPSA) is 22.1 Å². The molecule has 0 bridgehead atoms. The lowest BCUT2D eigenvalue weighted by Crippen LogP contribution is -2.11. The number of pyridine rings is 1. The molecule has 1 atom stereocenters. The largest absolute Gasteiger partial charge is 0.475 e. The van der Waals surface area contributed by atoms with Crippen molar-refractivity contribution in [1.82, 2.24) is 4.98 Å². The smallest absolute Gasteiger partial charge is 0.213 e. The number of ether oxygens (including phenoxy) is 1. The number of rotatable bonds is 4. The maximum absolute atomic E-state index is 5.50. The first-order chi connectivity index (χ1) is 5.83. The molecule has 0 unspecified atom stereocenters. The third kappa shape index (κ3) is 2.91. The molecule has 12 heavy (non-hydrogen) atoms. The van der Waals surface area contributed by atoms with E-state index in [0.29, 0.717) is 5.88 Å². The molecule has 1 aromatic heterocycles. The first-order valence-electron chi connectivity index (χ1n) is 4.20. The van der Waals surface area contributed by atoms with E-state index in [4.69, 9.17) is 4.74 Å². The predicted molar refractivity (Wildman–Crippen MR) is 48.9 cm³/mol. The second kappa shape index (κ2) is 4.75. The van der Waals surface area contributed by atoms with Crippen LogP contribution in [0.1, 0.15) is 19.8 Å². The second-order valence-electron chi connectivity index (χ2n) is 2.74. The lowest BCUT2D eigenvalue weighted by molar-refractivity contribution is 0.203. The van der Waals surface area contributed by atoms with Gasteiger partial charge in [0.15, 0.2) is 0 Å². The van der Waals surface area contributed by atoms with Crippen LogP contribution in [-0.4, -0.2) is 11.1 Å². The minimum atomic E-state index is 0.206. The summed E-state index contributed by atoms with van der Waals surface area (Å²) in [5.41, 5.74) is 0. The molecule has 1 aromatic rings. The zero-order chi connectivity index (χ0) is 8.81. The van der Waals surface area contributed by atoms with Crippen molar-refractivity contribution in [2.45, 2.75) is 25.9 Å². The number of hydrogen-bond donors (Lipinski definition) is 0. The van der Waals surface area contributed by atoms with Crippen molar-refractivity contribution in [2.75, 3.05) is 0 Å². The van der Waals surface area contributed by atoms with Crippen LogP contribution >= 0.6 is 0 Å². The first-order valence-corrected chi connectivity index (χ1v) is 4.20. The monoisotopic (exact) mass is 164 g/mol. The fourth-order valence-corrected chi connectivity index (χ4v) is 0.969. The number of hydrogen-bond acceptors (Lipinski definition) is 2. The van der Waals surface area contributed by atoms with Crippen LogP contribution in [0.3, 0.4) is 0 Å². The maximum atomic E-state index is 5.50. The highest BCUT2D eigenvalue weighted by atomic mass is 16.5. The Labute approximate surface area is 73.6 Å². The molecule has 2 nitrogen and oxygen atoms in total. The van der Waals surface area contributed by atoms with Crippen LogP contribution in [-0.2, 0) is 0 Å². The zero-order valence-corrected chi connectivity index (χ0v) is 7.36. The molecular weight excluding hydrogens is 150 g/mol. The molecule has 0 amide bonds. The lowest BCUT2D eigenvalue weighted by atomic mass is 10.2. The van der Waals surface area contributed by atoms with E-state index in [1.807, 2.05) is 25.1 Å². The minimum Gasteiger partial charge on any atom is -0.475 e. The van der Waals surface area contributed by atoms with E-state index in [1.165, 1.54) is 0 Å². The van der Waals surface area contributed by atoms with Gasteiger partial charge >= 0.3 is 0 Å². The van der Waals surface area contributed by atoms with E-state index in [9.17, 15) is 0 Å². The Morgan fingerprint density at radius 2 is 2.42 bits per heavy atom. The fraction of sp³-hybridized carbons (Fsp3) is 0.400. The molecule has 0 aliphatic carbocycles. The van der Waals surface area contributed by atoms with Gasteiger partial charge in [0, 0.05) is 12.3 Å². The van der Waals surface area contributed by atoms with Gasteiger partial charge in [0.2, 0.25) is 5.88 Å². The van der Waals surface area contributed by atoms with Gasteiger partial charge in [-0.1, -0.05) is 13.0 Å². The van der Waals surface area contributed by atoms with E-state index in [0.717, 1.165) is 12.8 Å². The summed E-state index contributed by atoms with van der Waals surface area (Å²) in [7, 11) is 0. The van der Waals surface area contributed by atoms with E-state index in [-0.39, 0.29) is 6.10 Å². The Morgan fingerprint density at radius 1 is 1.58 bits per heavy atom. The predicted octanol–water partition coefficient (Wildman–Crippen LogP) is 2.46. The minimum absolute atomic E-state index is 0.206. The van der Waals surface area contributed by atoms with E-state index in [2.05, 4.69) is 11.9 Å². The molecule has 1 rings (SSSR count). The van der Waals surface area contributed by atoms with Crippen LogP contribution in [0.5, 0.6) is 5.88 Å². The second-order valence-corrected chi connectivity index (χ2v) is 2.74. The Balaban J connectivity index is 2.41. The van der Waals surface area contributed by atoms with Crippen molar-refractivity contribution in [3.63, 3.8) is 0 Å². The van der Waals surface area contributed by atoms with Crippen LogP contribution in [0.4, 0.5) is 0 Å². The van der Waals surface area contributed by atoms with Gasteiger partial charge < -0.3 is 4.74 Å². The third-order valence-electron chi connectivity index (χ3n) is 1.57. The summed E-state index contributed by atoms with van der Waals surface area (Å²) in [5, 5.41) is 0. The van der Waals surface area contributed by atoms with E-state index < -0.39 is 0 Å². The Kier molecular flexibility index (Phi) is 3.58. The van der Waals surface area contributed by atoms with Crippen LogP contribution in [0, 0.1) is 6.92 Å². The number of aromatic nitrogens is 1. The van der Waals surface area contributed by atoms with Crippen molar-refractivity contribution in [3.05, 3.63) is 31.3 Å². The van der Waals surface area contributed by atoms with Gasteiger partial charge in [-0.2, -0.15) is 0 Å². The Morgan fingerprint density at radius 3 is 3.00 bits per heavy atom. The summed E-state index contributed by atoms with van der Waals surface area (Å²) in [5.74, 6) is 0.693. The zero-order valence-electron chi connectivity index (χ0n) is 7.36. The molecule has 0 aromatic carbocycles. The van der Waals surface area contributed by atoms with E-state index >= 15 is 0 Å². The van der Waals surface area contributed by atoms with Crippen molar-refractivity contribution in [3.8, 4) is 5.88 Å². The summed E-state index contributed by atoms with van der Waals surface area (Å²) < 4.78 is 5.50. The highest BCUT2D eigenvalue weighted by Gasteiger charge is 2.01. The summed E-state index contributed by atoms with van der Waals surface area (Å²) in [4.78, 5) is 4.06. The van der Waals surface area contributed by atoms with Crippen molar-refractivity contribution >= 4 is 0 Å². The lowest BCUT2D eigenvalue weighted by Gasteiger charge is -2.11. The molecule has 0 spiro atoms. The SMILES string of the molecule is [CH2]CC[C@@H](C)Oc1ccccn1. The Bertz CT molecular complexity index is 210. The Hall–Kier alpha value is -1.05. The molecule has 0 N–H and O–H groups in total. The fourth-order valence-electron chi connectivity index (χ4n) is 0.969. The summed E-state index contributed by atoms with van der Waals surface area (Å²) in [6.45, 7) is 5.79. The molecule has 0 aliphatic rings. The van der Waals surface area contributed by atoms with Crippen molar-refractivity contribution < 1.29 is 4.74 Å². The molecule has 65 valence electrons. The van der Waals surface area contributed by atoms with Gasteiger partial charge in [0.1, 0.15) is 0 Å². The van der Waals surface area contributed by atoms with Crippen molar-refractivity contribution in [2.24, 2.45) is 0 Å². The van der Waals surface area contributed by atoms with Crippen LogP contribution < -0.4 is 4.74 Å². The molecule has 1 radical (unpaired) electrons. The maximum Gasteiger partial charge on any atom is 0.213 e. The first kappa shape index (κ1) is 9.04. The van der Waals surface area contributed by atoms with Crippen LogP contribution in [0.25, 0.3) is 0 Å². The van der Waals surface area contributed by atoms with Gasteiger partial charge in [-0.3, -0.25) is 0 Å². The van der Waals surface area contributed by atoms with Gasteiger partial charge in [0.05, 0.1) is 6.10 Å². The average molecular weight is 164 g/mol. The molecular formula is C10H14NO. The normalized spacial score (nSPS) is 12.5. The van der Waals surface area contributed by atoms with Gasteiger partial charge in [0.25, 0.3) is 0 Å². The van der Waals surface area contributed by atoms with Gasteiger partial charge in [-0.25, -0.2) is 4.98 Å². The molecule has 2 heteroatoms. The molecule has 0 aliphatic heterocycles. The summed E-state index contributed by atoms with van der Waals surface area (Å²) in [6.07, 6.45) is 3.80. The molecule has 0 saturated heterocycles. The van der Waals surface area contributed by atoms with Gasteiger partial charge in [-0.15, -0.1) is 0 Å². The molecule has 0 saturated carbocycles. The average Bonchev–Trinajstić information content (AvgIpc) is 2.06. The standard InChI is InChI=1S/C10H14NO/c1-3-6-9(2)12-10-7-4-5-8-11-10/h4-5,7-9H,1,3,6H2,2H3/t9-/m1/s1. The quantitative estimate of drug-likeness (QED) is 0.682. The van der Waals surface area contributed by atoms with Crippen LogP contribution in [0.15, 0.2) is 24.4 Å². The van der Waals surface area contributed by atoms with Crippen LogP contribution in [0.2, 0.25) is 0 Å². The van der Waals surface area contributed by atoms with Gasteiger partial charge in [-0.05, 0) is 25.8 Å². The molecule has 1 heterocycles. The van der Waals surface area contributed by atoms with E-state index in [1.54, 1.807) is 6.20 Å². The summed E-state index contributed by atoms with van der Waals surface area (Å²) >= 11 is 0.